The molecule has 1 aliphatic carbocycles. The highest BCUT2D eigenvalue weighted by atomic mass is 19.1. The summed E-state index contributed by atoms with van der Waals surface area (Å²) < 4.78 is 13.5. The molecule has 3 rings (SSSR count). The summed E-state index contributed by atoms with van der Waals surface area (Å²) in [6, 6.07) is 6.42. The predicted molar refractivity (Wildman–Crippen MR) is 183 cm³/mol. The number of halogens is 1. The van der Waals surface area contributed by atoms with Crippen molar-refractivity contribution < 1.29 is 4.39 Å². The van der Waals surface area contributed by atoms with E-state index in [4.69, 9.17) is 0 Å². The van der Waals surface area contributed by atoms with Crippen LogP contribution in [-0.4, -0.2) is 25.1 Å². The van der Waals surface area contributed by atoms with E-state index in [2.05, 4.69) is 59.4 Å². The van der Waals surface area contributed by atoms with E-state index < -0.39 is 0 Å². The Kier molecular flexibility index (Phi) is 12.7. The Hall–Kier alpha value is -4.22. The maximum Gasteiger partial charge on any atom is 0.123 e. The van der Waals surface area contributed by atoms with Gasteiger partial charge >= 0.3 is 0 Å². The van der Waals surface area contributed by atoms with E-state index >= 15 is 0 Å². The Bertz CT molecular complexity index is 1450. The second-order valence-corrected chi connectivity index (χ2v) is 10.9. The monoisotopic (exact) mass is 578 g/mol. The Morgan fingerprint density at radius 1 is 1.02 bits per heavy atom. The first-order valence-corrected chi connectivity index (χ1v) is 15.0. The molecular weight excluding hydrogens is 531 g/mol. The number of hydrogen-bond acceptors (Lipinski definition) is 4. The summed E-state index contributed by atoms with van der Waals surface area (Å²) in [5, 5.41) is 10.3. The molecule has 0 aliphatic heterocycles. The topological polar surface area (TPSA) is 49.0 Å². The first-order chi connectivity index (χ1) is 20.7. The Morgan fingerprint density at radius 3 is 2.33 bits per heavy atom. The Balaban J connectivity index is 1.82. The van der Waals surface area contributed by atoms with E-state index in [-0.39, 0.29) is 5.82 Å². The summed E-state index contributed by atoms with van der Waals surface area (Å²) in [6.07, 6.45) is 19.1. The van der Waals surface area contributed by atoms with E-state index in [9.17, 15) is 4.39 Å². The van der Waals surface area contributed by atoms with E-state index in [1.54, 1.807) is 24.5 Å². The predicted octanol–water partition coefficient (Wildman–Crippen LogP) is 9.12. The molecule has 0 amide bonds. The van der Waals surface area contributed by atoms with Crippen LogP contribution in [0.4, 0.5) is 10.1 Å². The number of pyridine rings is 1. The molecule has 0 bridgehead atoms. The molecule has 0 atom stereocenters. The first kappa shape index (κ1) is 33.3. The van der Waals surface area contributed by atoms with Gasteiger partial charge in [0.05, 0.1) is 11.9 Å². The van der Waals surface area contributed by atoms with Crippen molar-refractivity contribution in [1.82, 2.24) is 15.6 Å². The number of likely N-dealkylation sites (N-methyl/N-ethyl adjacent to an activating group) is 1. The summed E-state index contributed by atoms with van der Waals surface area (Å²) in [5.41, 5.74) is 9.71. The fraction of sp³-hybridized carbons (Fsp3) is 0.289. The minimum absolute atomic E-state index is 0.271. The number of anilines is 1. The van der Waals surface area contributed by atoms with Gasteiger partial charge in [-0.15, -0.1) is 0 Å². The molecule has 1 aromatic heterocycles. The normalized spacial score (nSPS) is 14.9. The van der Waals surface area contributed by atoms with Crippen molar-refractivity contribution >= 4 is 5.69 Å². The van der Waals surface area contributed by atoms with Crippen LogP contribution in [0.5, 0.6) is 0 Å². The second-order valence-electron chi connectivity index (χ2n) is 10.9. The van der Waals surface area contributed by atoms with Crippen LogP contribution in [0.2, 0.25) is 0 Å². The molecule has 1 aromatic carbocycles. The third-order valence-electron chi connectivity index (χ3n) is 8.03. The number of nitrogens with one attached hydrogen (secondary N) is 3. The number of benzene rings is 1. The summed E-state index contributed by atoms with van der Waals surface area (Å²) >= 11 is 0. The average Bonchev–Trinajstić information content (AvgIpc) is 3.53. The van der Waals surface area contributed by atoms with Crippen LogP contribution in [0.3, 0.4) is 0 Å². The molecule has 2 aromatic rings. The fourth-order valence-corrected chi connectivity index (χ4v) is 5.37. The molecule has 5 heteroatoms. The molecule has 1 saturated carbocycles. The number of allylic oxidation sites excluding steroid dienone is 8. The van der Waals surface area contributed by atoms with Gasteiger partial charge in [0.15, 0.2) is 0 Å². The standard InChI is InChI=1S/C38H47FN4/c1-9-30(22-41-23-31-14-12-13-15-31)21-32(10-2)26(4)20-35(37(11-3)40-8)27(5)29(7)43-38-25-42-24-36(28(38)6)33-16-18-34(39)19-17-33/h9-11,16-21,24-25,31,40-41,43H,1,4-5,7,12-15,22-23H2,2-3,6,8H3/b30-21+,32-10+,35-20-,37-11+. The van der Waals surface area contributed by atoms with E-state index in [0.29, 0.717) is 5.70 Å². The highest BCUT2D eigenvalue weighted by molar-refractivity contribution is 5.74. The van der Waals surface area contributed by atoms with Crippen molar-refractivity contribution in [3.05, 3.63) is 144 Å². The lowest BCUT2D eigenvalue weighted by molar-refractivity contribution is 0.503. The van der Waals surface area contributed by atoms with E-state index in [1.165, 1.54) is 37.8 Å². The van der Waals surface area contributed by atoms with Crippen LogP contribution in [0, 0.1) is 18.7 Å². The molecule has 0 unspecified atom stereocenters. The van der Waals surface area contributed by atoms with Crippen LogP contribution >= 0.6 is 0 Å². The second kappa shape index (κ2) is 16.4. The third kappa shape index (κ3) is 9.13. The molecule has 1 heterocycles. The third-order valence-corrected chi connectivity index (χ3v) is 8.03. The lowest BCUT2D eigenvalue weighted by Gasteiger charge is -2.20. The van der Waals surface area contributed by atoms with Gasteiger partial charge < -0.3 is 16.0 Å². The van der Waals surface area contributed by atoms with E-state index in [1.807, 2.05) is 46.0 Å². The molecule has 4 nitrogen and oxygen atoms in total. The van der Waals surface area contributed by atoms with Gasteiger partial charge in [-0.05, 0) is 97.7 Å². The van der Waals surface area contributed by atoms with Gasteiger partial charge in [0.25, 0.3) is 0 Å². The highest BCUT2D eigenvalue weighted by Crippen LogP contribution is 2.31. The lowest BCUT2D eigenvalue weighted by Crippen LogP contribution is -2.23. The summed E-state index contributed by atoms with van der Waals surface area (Å²) in [7, 11) is 1.89. The highest BCUT2D eigenvalue weighted by Gasteiger charge is 2.16. The molecule has 1 aliphatic rings. The van der Waals surface area contributed by atoms with Crippen LogP contribution in [0.15, 0.2) is 133 Å². The van der Waals surface area contributed by atoms with Crippen molar-refractivity contribution in [2.75, 3.05) is 25.5 Å². The number of aromatic nitrogens is 1. The van der Waals surface area contributed by atoms with Crippen LogP contribution in [0.25, 0.3) is 11.1 Å². The van der Waals surface area contributed by atoms with Gasteiger partial charge in [-0.3, -0.25) is 4.98 Å². The average molecular weight is 579 g/mol. The van der Waals surface area contributed by atoms with Gasteiger partial charge in [-0.2, -0.15) is 0 Å². The zero-order valence-electron chi connectivity index (χ0n) is 26.3. The van der Waals surface area contributed by atoms with Crippen LogP contribution in [0.1, 0.15) is 45.1 Å². The fourth-order valence-electron chi connectivity index (χ4n) is 5.37. The minimum Gasteiger partial charge on any atom is -0.388 e. The summed E-state index contributed by atoms with van der Waals surface area (Å²) in [4.78, 5) is 4.42. The molecule has 0 saturated heterocycles. The molecule has 3 N–H and O–H groups in total. The van der Waals surface area contributed by atoms with Gasteiger partial charge in [-0.1, -0.05) is 75.6 Å². The molecular formula is C38H47FN4. The minimum atomic E-state index is -0.271. The zero-order valence-corrected chi connectivity index (χ0v) is 26.3. The van der Waals surface area contributed by atoms with Gasteiger partial charge in [-0.25, -0.2) is 4.39 Å². The van der Waals surface area contributed by atoms with Crippen molar-refractivity contribution in [3.8, 4) is 11.1 Å². The van der Waals surface area contributed by atoms with Crippen molar-refractivity contribution in [3.63, 3.8) is 0 Å². The largest absolute Gasteiger partial charge is 0.388 e. The Morgan fingerprint density at radius 2 is 1.72 bits per heavy atom. The molecule has 1 fully saturated rings. The SMILES string of the molecule is C=C/C(=C\C(=C/C)C(=C)/C=C(C(=C)C(=C)Nc1cncc(-c2ccc(F)cc2)c1C)\C(=C/C)NC)CNCC1CCCC1. The Labute approximate surface area is 258 Å². The lowest BCUT2D eigenvalue weighted by atomic mass is 9.95. The molecule has 43 heavy (non-hydrogen) atoms. The molecule has 0 spiro atoms. The smallest absolute Gasteiger partial charge is 0.123 e. The van der Waals surface area contributed by atoms with Gasteiger partial charge in [0.2, 0.25) is 0 Å². The number of hydrogen-bond donors (Lipinski definition) is 3. The quantitative estimate of drug-likeness (QED) is 0.185. The van der Waals surface area contributed by atoms with Crippen LogP contribution < -0.4 is 16.0 Å². The van der Waals surface area contributed by atoms with Gasteiger partial charge in [0.1, 0.15) is 5.82 Å². The number of rotatable bonds is 15. The molecule has 226 valence electrons. The van der Waals surface area contributed by atoms with Crippen LogP contribution in [-0.2, 0) is 0 Å². The summed E-state index contributed by atoms with van der Waals surface area (Å²) in [6.45, 7) is 25.0. The van der Waals surface area contributed by atoms with Crippen molar-refractivity contribution in [2.45, 2.75) is 46.5 Å². The van der Waals surface area contributed by atoms with Crippen molar-refractivity contribution in [2.24, 2.45) is 5.92 Å². The summed E-state index contributed by atoms with van der Waals surface area (Å²) in [5.74, 6) is 0.512. The van der Waals surface area contributed by atoms with Gasteiger partial charge in [0, 0.05) is 42.3 Å². The number of nitrogens with zero attached hydrogens (tertiary/aromatic N) is 1. The van der Waals surface area contributed by atoms with E-state index in [0.717, 1.165) is 74.9 Å². The molecule has 0 radical (unpaired) electrons. The zero-order chi connectivity index (χ0) is 31.4. The maximum absolute atomic E-state index is 13.5. The first-order valence-electron chi connectivity index (χ1n) is 15.0. The van der Waals surface area contributed by atoms with Crippen molar-refractivity contribution in [1.29, 1.82) is 0 Å². The maximum atomic E-state index is 13.5.